The summed E-state index contributed by atoms with van der Waals surface area (Å²) in [7, 11) is 0. The number of rotatable bonds is 16. The third kappa shape index (κ3) is 9.71. The average molecular weight is 906 g/mol. The lowest BCUT2D eigenvalue weighted by atomic mass is 9.47. The van der Waals surface area contributed by atoms with Crippen LogP contribution in [0.15, 0.2) is 59.3 Å². The molecule has 5 nitrogen and oxygen atoms in total. The highest BCUT2D eigenvalue weighted by molar-refractivity contribution is 5.70. The molecule has 8 rings (SSSR count). The van der Waals surface area contributed by atoms with Crippen molar-refractivity contribution in [2.75, 3.05) is 13.1 Å². The van der Waals surface area contributed by atoms with Gasteiger partial charge in [0.2, 0.25) is 0 Å². The number of hydrogen-bond donors (Lipinski definition) is 1. The van der Waals surface area contributed by atoms with E-state index in [9.17, 15) is 9.59 Å². The minimum absolute atomic E-state index is 0.0166. The molecule has 5 heteroatoms. The molecular weight excluding hydrogens is 811 g/mol. The number of hydrogen-bond acceptors (Lipinski definition) is 5. The highest BCUT2D eigenvalue weighted by Gasteiger charge is 2.60. The molecule has 8 aliphatic carbocycles. The minimum Gasteiger partial charge on any atom is -0.462 e. The van der Waals surface area contributed by atoms with Crippen molar-refractivity contribution >= 4 is 11.9 Å². The summed E-state index contributed by atoms with van der Waals surface area (Å²) in [6, 6.07) is 0. The van der Waals surface area contributed by atoms with Crippen LogP contribution in [0.25, 0.3) is 0 Å². The summed E-state index contributed by atoms with van der Waals surface area (Å²) in [5.74, 6) is 8.37. The van der Waals surface area contributed by atoms with Gasteiger partial charge in [0.05, 0.1) is 12.8 Å². The van der Waals surface area contributed by atoms with E-state index in [0.717, 1.165) is 68.1 Å². The van der Waals surface area contributed by atoms with E-state index in [1.807, 2.05) is 0 Å². The fourth-order valence-electron chi connectivity index (χ4n) is 16.6. The number of allylic oxidation sites excluding steroid dienone is 8. The van der Waals surface area contributed by atoms with E-state index in [1.54, 1.807) is 11.1 Å². The highest BCUT2D eigenvalue weighted by atomic mass is 16.5. The first-order valence-electron chi connectivity index (χ1n) is 27.9. The number of carbonyl (C=O) groups excluding carboxylic acids is 2. The van der Waals surface area contributed by atoms with Crippen LogP contribution in [-0.2, 0) is 19.1 Å². The molecule has 0 aromatic rings. The molecule has 0 spiro atoms. The normalized spacial score (nSPS) is 40.9. The summed E-state index contributed by atoms with van der Waals surface area (Å²) in [6.45, 7) is 27.9. The molecular formula is C61H95NO4. The van der Waals surface area contributed by atoms with Crippen molar-refractivity contribution in [3.05, 3.63) is 59.3 Å². The second-order valence-corrected chi connectivity index (χ2v) is 25.8. The number of fused-ring (bicyclic) bond motifs is 10. The number of esters is 2. The molecule has 8 aliphatic rings. The van der Waals surface area contributed by atoms with Crippen LogP contribution in [0.1, 0.15) is 192 Å². The Balaban J connectivity index is 0.746. The molecule has 6 fully saturated rings. The van der Waals surface area contributed by atoms with Crippen LogP contribution in [0.4, 0.5) is 0 Å². The Bertz CT molecular complexity index is 1900. The quantitative estimate of drug-likeness (QED) is 0.0950. The first kappa shape index (κ1) is 50.0. The minimum atomic E-state index is -0.129. The Labute approximate surface area is 403 Å². The summed E-state index contributed by atoms with van der Waals surface area (Å²) < 4.78 is 12.3. The predicted molar refractivity (Wildman–Crippen MR) is 272 cm³/mol. The standard InChI is InChI=1S/C61H95NO4/c1-39(2)41(5)13-12-14-44-19-22-52-49-20-17-45-37-47(25-31-59(45,9)54(49)27-33-58(44,52)8)65-56(63)29-35-62-36-30-57(64)66-48-26-32-60(10)46(38-48)18-21-50-53-24-23-51(61(53,11)34-28-55(50)60)43(7)16-15-42(6)40(3)4/h12-13,15-18,20,39-44,47-48,50-55,62H,14,19,21-38H2,1-11H3/b13-12+,16-15+. The van der Waals surface area contributed by atoms with E-state index in [4.69, 9.17) is 9.47 Å². The van der Waals surface area contributed by atoms with Gasteiger partial charge < -0.3 is 14.8 Å². The average Bonchev–Trinajstić information content (AvgIpc) is 3.81. The molecule has 16 atom stereocenters. The van der Waals surface area contributed by atoms with Gasteiger partial charge >= 0.3 is 11.9 Å². The third-order valence-electron chi connectivity index (χ3n) is 21.8. The molecule has 1 N–H and O–H groups in total. The summed E-state index contributed by atoms with van der Waals surface area (Å²) >= 11 is 0. The van der Waals surface area contributed by atoms with Gasteiger partial charge in [-0.3, -0.25) is 9.59 Å². The molecule has 0 saturated heterocycles. The lowest BCUT2D eigenvalue weighted by molar-refractivity contribution is -0.151. The van der Waals surface area contributed by atoms with E-state index in [1.165, 1.54) is 69.8 Å². The first-order valence-corrected chi connectivity index (χ1v) is 27.9. The lowest BCUT2D eigenvalue weighted by Gasteiger charge is -2.58. The molecule has 6 saturated carbocycles. The van der Waals surface area contributed by atoms with E-state index in [2.05, 4.69) is 124 Å². The fourth-order valence-corrected chi connectivity index (χ4v) is 16.6. The smallest absolute Gasteiger partial charge is 0.307 e. The Morgan fingerprint density at radius 1 is 0.652 bits per heavy atom. The second-order valence-electron chi connectivity index (χ2n) is 25.8. The van der Waals surface area contributed by atoms with Crippen LogP contribution < -0.4 is 5.32 Å². The van der Waals surface area contributed by atoms with Crippen molar-refractivity contribution in [2.45, 2.75) is 204 Å². The Hall–Kier alpha value is -2.40. The van der Waals surface area contributed by atoms with Crippen molar-refractivity contribution in [1.29, 1.82) is 0 Å². The maximum Gasteiger partial charge on any atom is 0.307 e. The third-order valence-corrected chi connectivity index (χ3v) is 21.8. The molecule has 0 aromatic heterocycles. The Kier molecular flexibility index (Phi) is 15.3. The molecule has 0 bridgehead atoms. The number of carbonyl (C=O) groups is 2. The van der Waals surface area contributed by atoms with Gasteiger partial charge in [0.1, 0.15) is 12.2 Å². The van der Waals surface area contributed by atoms with Crippen LogP contribution >= 0.6 is 0 Å². The van der Waals surface area contributed by atoms with Crippen LogP contribution in [0.2, 0.25) is 0 Å². The fraction of sp³-hybridized carbons (Fsp3) is 0.803. The van der Waals surface area contributed by atoms with Crippen LogP contribution in [0.3, 0.4) is 0 Å². The molecule has 368 valence electrons. The van der Waals surface area contributed by atoms with Gasteiger partial charge in [0.15, 0.2) is 0 Å². The van der Waals surface area contributed by atoms with Crippen molar-refractivity contribution in [3.8, 4) is 0 Å². The van der Waals surface area contributed by atoms with E-state index < -0.39 is 0 Å². The SMILES string of the molecule is CC(C)C(C)/C=C/CC1CCC2C3=CC=C4CC(OC(=O)CCNCCC(=O)OC5CCC6(C)C(=CCC7C6CCC6(C)C(C(C)/C=C/C(C)C(C)C)CCC76)C5)CCC4(C)C3CCC12C. The maximum atomic E-state index is 13.1. The maximum absolute atomic E-state index is 13.1. The summed E-state index contributed by atoms with van der Waals surface area (Å²) in [6.07, 6.45) is 37.3. The van der Waals surface area contributed by atoms with Crippen molar-refractivity contribution in [3.63, 3.8) is 0 Å². The highest BCUT2D eigenvalue weighted by Crippen LogP contribution is 2.68. The zero-order chi connectivity index (χ0) is 47.2. The molecule has 0 radical (unpaired) electrons. The summed E-state index contributed by atoms with van der Waals surface area (Å²) in [5, 5.41) is 3.34. The summed E-state index contributed by atoms with van der Waals surface area (Å²) in [5.41, 5.74) is 6.09. The van der Waals surface area contributed by atoms with Gasteiger partial charge in [-0.15, -0.1) is 0 Å². The zero-order valence-electron chi connectivity index (χ0n) is 43.9. The molecule has 0 aromatic carbocycles. The van der Waals surface area contributed by atoms with Gasteiger partial charge in [0, 0.05) is 25.9 Å². The summed E-state index contributed by atoms with van der Waals surface area (Å²) in [4.78, 5) is 26.2. The van der Waals surface area contributed by atoms with Gasteiger partial charge in [0.25, 0.3) is 0 Å². The van der Waals surface area contributed by atoms with Crippen LogP contribution in [-0.4, -0.2) is 37.2 Å². The van der Waals surface area contributed by atoms with Gasteiger partial charge in [-0.05, 0) is 183 Å². The monoisotopic (exact) mass is 906 g/mol. The zero-order valence-corrected chi connectivity index (χ0v) is 43.9. The van der Waals surface area contributed by atoms with Crippen LogP contribution in [0.5, 0.6) is 0 Å². The number of ether oxygens (including phenoxy) is 2. The van der Waals surface area contributed by atoms with Crippen molar-refractivity contribution in [2.24, 2.45) is 92.7 Å². The van der Waals surface area contributed by atoms with Crippen molar-refractivity contribution in [1.82, 2.24) is 5.32 Å². The molecule has 66 heavy (non-hydrogen) atoms. The topological polar surface area (TPSA) is 64.6 Å². The van der Waals surface area contributed by atoms with Crippen LogP contribution in [0, 0.1) is 92.7 Å². The van der Waals surface area contributed by atoms with Gasteiger partial charge in [-0.1, -0.05) is 135 Å². The molecule has 0 amide bonds. The predicted octanol–water partition coefficient (Wildman–Crippen LogP) is 15.0. The second kappa shape index (κ2) is 20.1. The molecule has 16 unspecified atom stereocenters. The van der Waals surface area contributed by atoms with Crippen molar-refractivity contribution < 1.29 is 19.1 Å². The molecule has 0 aliphatic heterocycles. The van der Waals surface area contributed by atoms with E-state index in [0.29, 0.717) is 78.2 Å². The molecule has 0 heterocycles. The number of nitrogens with one attached hydrogen (secondary N) is 1. The van der Waals surface area contributed by atoms with Gasteiger partial charge in [-0.25, -0.2) is 0 Å². The Morgan fingerprint density at radius 2 is 1.29 bits per heavy atom. The largest absolute Gasteiger partial charge is 0.462 e. The van der Waals surface area contributed by atoms with Gasteiger partial charge in [-0.2, -0.15) is 0 Å². The van der Waals surface area contributed by atoms with E-state index >= 15 is 0 Å². The first-order chi connectivity index (χ1) is 31.4. The van der Waals surface area contributed by atoms with E-state index in [-0.39, 0.29) is 35.0 Å². The lowest BCUT2D eigenvalue weighted by Crippen LogP contribution is -2.51. The Morgan fingerprint density at radius 3 is 1.97 bits per heavy atom.